The highest BCUT2D eigenvalue weighted by Crippen LogP contribution is 2.27. The van der Waals surface area contributed by atoms with E-state index in [1.54, 1.807) is 4.31 Å². The maximum absolute atomic E-state index is 11.9. The number of aromatic nitrogens is 1. The van der Waals surface area contributed by atoms with Gasteiger partial charge in [-0.2, -0.15) is 9.57 Å². The molecule has 0 spiro atoms. The van der Waals surface area contributed by atoms with Gasteiger partial charge in [0, 0.05) is 31.4 Å². The maximum atomic E-state index is 11.9. The Kier molecular flexibility index (Phi) is 5.27. The molecule has 0 atom stereocenters. The average Bonchev–Trinajstić information content (AvgIpc) is 2.46. The van der Waals surface area contributed by atoms with Crippen LogP contribution >= 0.6 is 0 Å². The SMILES string of the molecule is CCN(C1CCN(c2nc(C)cc(C)c2C#N)CC1)S(C)(=O)=O. The number of aryl methyl sites for hydroxylation is 2. The van der Waals surface area contributed by atoms with Crippen LogP contribution in [0, 0.1) is 25.2 Å². The second-order valence-corrected chi connectivity index (χ2v) is 8.01. The number of rotatable bonds is 4. The molecule has 0 amide bonds. The standard InChI is InChI=1S/C16H24N4O2S/c1-5-20(23(4,21)22)14-6-8-19(9-7-14)16-15(11-17)12(2)10-13(3)18-16/h10,14H,5-9H2,1-4H3. The van der Waals surface area contributed by atoms with Crippen LogP contribution in [0.15, 0.2) is 6.07 Å². The summed E-state index contributed by atoms with van der Waals surface area (Å²) in [4.78, 5) is 6.64. The van der Waals surface area contributed by atoms with E-state index in [-0.39, 0.29) is 6.04 Å². The van der Waals surface area contributed by atoms with Gasteiger partial charge in [-0.25, -0.2) is 13.4 Å². The van der Waals surface area contributed by atoms with Crippen molar-refractivity contribution >= 4 is 15.8 Å². The Morgan fingerprint density at radius 3 is 2.48 bits per heavy atom. The Balaban J connectivity index is 2.19. The summed E-state index contributed by atoms with van der Waals surface area (Å²) < 4.78 is 25.3. The summed E-state index contributed by atoms with van der Waals surface area (Å²) in [6, 6.07) is 4.19. The zero-order chi connectivity index (χ0) is 17.2. The largest absolute Gasteiger partial charge is 0.355 e. The third-order valence-corrected chi connectivity index (χ3v) is 5.75. The van der Waals surface area contributed by atoms with Crippen molar-refractivity contribution in [3.8, 4) is 6.07 Å². The minimum absolute atomic E-state index is 0.0303. The van der Waals surface area contributed by atoms with E-state index in [9.17, 15) is 13.7 Å². The Morgan fingerprint density at radius 1 is 1.39 bits per heavy atom. The van der Waals surface area contributed by atoms with Gasteiger partial charge in [0.25, 0.3) is 0 Å². The summed E-state index contributed by atoms with van der Waals surface area (Å²) in [6.07, 6.45) is 2.77. The number of piperidine rings is 1. The highest BCUT2D eigenvalue weighted by Gasteiger charge is 2.30. The van der Waals surface area contributed by atoms with E-state index in [4.69, 9.17) is 0 Å². The predicted octanol–water partition coefficient (Wildman–Crippen LogP) is 1.82. The second kappa shape index (κ2) is 6.85. The minimum Gasteiger partial charge on any atom is -0.355 e. The number of anilines is 1. The van der Waals surface area contributed by atoms with Gasteiger partial charge in [-0.05, 0) is 38.3 Å². The highest BCUT2D eigenvalue weighted by molar-refractivity contribution is 7.88. The third-order valence-electron chi connectivity index (χ3n) is 4.35. The van der Waals surface area contributed by atoms with Crippen LogP contribution < -0.4 is 4.90 Å². The topological polar surface area (TPSA) is 77.3 Å². The molecule has 7 heteroatoms. The van der Waals surface area contributed by atoms with Crippen LogP contribution in [0.25, 0.3) is 0 Å². The lowest BCUT2D eigenvalue weighted by molar-refractivity contribution is 0.285. The van der Waals surface area contributed by atoms with Crippen molar-refractivity contribution in [3.05, 3.63) is 22.9 Å². The monoisotopic (exact) mass is 336 g/mol. The van der Waals surface area contributed by atoms with Gasteiger partial charge in [-0.15, -0.1) is 0 Å². The number of hydrogen-bond acceptors (Lipinski definition) is 5. The number of sulfonamides is 1. The highest BCUT2D eigenvalue weighted by atomic mass is 32.2. The molecule has 1 aromatic heterocycles. The van der Waals surface area contributed by atoms with Crippen LogP contribution in [-0.4, -0.2) is 49.6 Å². The molecule has 0 saturated carbocycles. The molecular weight excluding hydrogens is 312 g/mol. The molecule has 1 aliphatic rings. The van der Waals surface area contributed by atoms with Crippen LogP contribution in [0.5, 0.6) is 0 Å². The lowest BCUT2D eigenvalue weighted by atomic mass is 10.0. The summed E-state index contributed by atoms with van der Waals surface area (Å²) in [7, 11) is -3.18. The fourth-order valence-corrected chi connectivity index (χ4v) is 4.53. The van der Waals surface area contributed by atoms with Crippen molar-refractivity contribution in [2.24, 2.45) is 0 Å². The van der Waals surface area contributed by atoms with Gasteiger partial charge in [-0.1, -0.05) is 6.92 Å². The zero-order valence-corrected chi connectivity index (χ0v) is 15.0. The van der Waals surface area contributed by atoms with Crippen molar-refractivity contribution in [3.63, 3.8) is 0 Å². The molecule has 126 valence electrons. The molecule has 0 bridgehead atoms. The molecule has 0 N–H and O–H groups in total. The van der Waals surface area contributed by atoms with Gasteiger partial charge in [-0.3, -0.25) is 0 Å². The lowest BCUT2D eigenvalue weighted by Gasteiger charge is -2.37. The average molecular weight is 336 g/mol. The van der Waals surface area contributed by atoms with Gasteiger partial charge in [0.15, 0.2) is 0 Å². The van der Waals surface area contributed by atoms with Crippen LogP contribution in [0.3, 0.4) is 0 Å². The molecule has 6 nitrogen and oxygen atoms in total. The van der Waals surface area contributed by atoms with Crippen LogP contribution in [0.2, 0.25) is 0 Å². The molecule has 0 aliphatic carbocycles. The first-order valence-corrected chi connectivity index (χ1v) is 9.72. The Morgan fingerprint density at radius 2 is 2.00 bits per heavy atom. The molecule has 0 radical (unpaired) electrons. The van der Waals surface area contributed by atoms with Gasteiger partial charge in [0.1, 0.15) is 11.9 Å². The summed E-state index contributed by atoms with van der Waals surface area (Å²) >= 11 is 0. The maximum Gasteiger partial charge on any atom is 0.211 e. The van der Waals surface area contributed by atoms with Crippen molar-refractivity contribution in [1.82, 2.24) is 9.29 Å². The molecule has 0 aromatic carbocycles. The second-order valence-electron chi connectivity index (χ2n) is 6.08. The number of hydrogen-bond donors (Lipinski definition) is 0. The molecule has 2 rings (SSSR count). The fourth-order valence-electron chi connectivity index (χ4n) is 3.31. The smallest absolute Gasteiger partial charge is 0.211 e. The fraction of sp³-hybridized carbons (Fsp3) is 0.625. The van der Waals surface area contributed by atoms with E-state index < -0.39 is 10.0 Å². The van der Waals surface area contributed by atoms with E-state index in [1.165, 1.54) is 6.26 Å². The Bertz CT molecular complexity index is 716. The summed E-state index contributed by atoms with van der Waals surface area (Å²) in [5.41, 5.74) is 2.44. The number of pyridine rings is 1. The predicted molar refractivity (Wildman–Crippen MR) is 90.9 cm³/mol. The van der Waals surface area contributed by atoms with Crippen molar-refractivity contribution in [1.29, 1.82) is 5.26 Å². The first-order chi connectivity index (χ1) is 10.8. The number of nitrogens with zero attached hydrogens (tertiary/aromatic N) is 4. The van der Waals surface area contributed by atoms with E-state index in [0.29, 0.717) is 25.2 Å². The third kappa shape index (κ3) is 3.82. The Labute approximate surface area is 138 Å². The van der Waals surface area contributed by atoms with E-state index in [1.807, 2.05) is 26.8 Å². The van der Waals surface area contributed by atoms with Crippen LogP contribution in [-0.2, 0) is 10.0 Å². The van der Waals surface area contributed by atoms with Crippen molar-refractivity contribution in [2.75, 3.05) is 30.8 Å². The van der Waals surface area contributed by atoms with E-state index in [0.717, 1.165) is 29.9 Å². The molecule has 1 aliphatic heterocycles. The number of nitriles is 1. The quantitative estimate of drug-likeness (QED) is 0.838. The van der Waals surface area contributed by atoms with E-state index >= 15 is 0 Å². The van der Waals surface area contributed by atoms with Crippen LogP contribution in [0.4, 0.5) is 5.82 Å². The molecular formula is C16H24N4O2S. The van der Waals surface area contributed by atoms with Crippen molar-refractivity contribution < 1.29 is 8.42 Å². The summed E-state index contributed by atoms with van der Waals surface area (Å²) in [5.74, 6) is 0.728. The van der Waals surface area contributed by atoms with Gasteiger partial charge in [0.05, 0.1) is 11.8 Å². The molecule has 1 fully saturated rings. The summed E-state index contributed by atoms with van der Waals surface area (Å²) in [6.45, 7) is 7.63. The van der Waals surface area contributed by atoms with Crippen molar-refractivity contribution in [2.45, 2.75) is 39.7 Å². The molecule has 23 heavy (non-hydrogen) atoms. The normalized spacial score (nSPS) is 16.6. The summed E-state index contributed by atoms with van der Waals surface area (Å²) in [5, 5.41) is 9.40. The van der Waals surface area contributed by atoms with Gasteiger partial charge >= 0.3 is 0 Å². The first-order valence-electron chi connectivity index (χ1n) is 7.88. The zero-order valence-electron chi connectivity index (χ0n) is 14.2. The molecule has 1 saturated heterocycles. The first kappa shape index (κ1) is 17.7. The van der Waals surface area contributed by atoms with Gasteiger partial charge < -0.3 is 4.90 Å². The van der Waals surface area contributed by atoms with E-state index in [2.05, 4.69) is 16.0 Å². The molecule has 1 aromatic rings. The van der Waals surface area contributed by atoms with Gasteiger partial charge in [0.2, 0.25) is 10.0 Å². The minimum atomic E-state index is -3.18. The molecule has 2 heterocycles. The lowest BCUT2D eigenvalue weighted by Crippen LogP contribution is -2.47. The van der Waals surface area contributed by atoms with Crippen LogP contribution in [0.1, 0.15) is 36.6 Å². The molecule has 0 unspecified atom stereocenters. The Hall–Kier alpha value is -1.65.